The van der Waals surface area contributed by atoms with Gasteiger partial charge in [0.05, 0.1) is 17.5 Å². The van der Waals surface area contributed by atoms with Crippen molar-refractivity contribution < 1.29 is 14.0 Å². The topological polar surface area (TPSA) is 58.2 Å². The predicted molar refractivity (Wildman–Crippen MR) is 69.9 cm³/mol. The fraction of sp³-hybridized carbons (Fsp3) is 0.429. The summed E-state index contributed by atoms with van der Waals surface area (Å²) in [5.74, 6) is -1.45. The van der Waals surface area contributed by atoms with Crippen LogP contribution in [-0.2, 0) is 9.59 Å². The maximum absolute atomic E-state index is 13.4. The number of halogens is 1. The van der Waals surface area contributed by atoms with Crippen molar-refractivity contribution in [3.8, 4) is 0 Å². The molecule has 0 aromatic heterocycles. The number of benzene rings is 1. The van der Waals surface area contributed by atoms with Gasteiger partial charge in [0.1, 0.15) is 5.82 Å². The number of hydrogen-bond acceptors (Lipinski definition) is 2. The summed E-state index contributed by atoms with van der Waals surface area (Å²) in [5, 5.41) is 5.28. The Labute approximate surface area is 111 Å². The van der Waals surface area contributed by atoms with Crippen LogP contribution in [0, 0.1) is 17.7 Å². The van der Waals surface area contributed by atoms with E-state index in [1.54, 1.807) is 12.1 Å². The lowest BCUT2D eigenvalue weighted by Gasteiger charge is -2.06. The van der Waals surface area contributed by atoms with Gasteiger partial charge in [-0.05, 0) is 25.0 Å². The minimum Gasteiger partial charge on any atom is -0.356 e. The molecule has 0 radical (unpaired) electrons. The Morgan fingerprint density at radius 1 is 1.26 bits per heavy atom. The molecule has 1 aliphatic rings. The molecule has 0 spiro atoms. The van der Waals surface area contributed by atoms with Crippen molar-refractivity contribution in [1.29, 1.82) is 0 Å². The van der Waals surface area contributed by atoms with Crippen molar-refractivity contribution in [2.45, 2.75) is 19.8 Å². The number of nitrogens with one attached hydrogen (secondary N) is 2. The van der Waals surface area contributed by atoms with Crippen molar-refractivity contribution >= 4 is 17.5 Å². The smallest absolute Gasteiger partial charge is 0.228 e. The van der Waals surface area contributed by atoms with Gasteiger partial charge in [0.2, 0.25) is 11.8 Å². The average Bonchev–Trinajstić information content (AvgIpc) is 3.19. The van der Waals surface area contributed by atoms with E-state index < -0.39 is 5.82 Å². The summed E-state index contributed by atoms with van der Waals surface area (Å²) < 4.78 is 13.4. The molecule has 1 aliphatic carbocycles. The van der Waals surface area contributed by atoms with Crippen LogP contribution in [0.5, 0.6) is 0 Å². The Bertz CT molecular complexity index is 490. The first-order chi connectivity index (χ1) is 9.13. The monoisotopic (exact) mass is 264 g/mol. The Morgan fingerprint density at radius 2 is 1.95 bits per heavy atom. The van der Waals surface area contributed by atoms with Gasteiger partial charge in [0.15, 0.2) is 0 Å². The molecule has 1 fully saturated rings. The van der Waals surface area contributed by atoms with Crippen LogP contribution in [-0.4, -0.2) is 18.4 Å². The predicted octanol–water partition coefficient (Wildman–Crippen LogP) is 1.93. The summed E-state index contributed by atoms with van der Waals surface area (Å²) in [6.45, 7) is 2.59. The van der Waals surface area contributed by atoms with Crippen LogP contribution in [0.1, 0.15) is 19.8 Å². The van der Waals surface area contributed by atoms with Gasteiger partial charge in [-0.3, -0.25) is 9.59 Å². The molecule has 0 bridgehead atoms. The van der Waals surface area contributed by atoms with Crippen LogP contribution >= 0.6 is 0 Å². The second-order valence-corrected chi connectivity index (χ2v) is 4.71. The van der Waals surface area contributed by atoms with Crippen LogP contribution < -0.4 is 10.6 Å². The maximum Gasteiger partial charge on any atom is 0.228 e. The average molecular weight is 264 g/mol. The molecule has 1 saturated carbocycles. The van der Waals surface area contributed by atoms with Gasteiger partial charge in [0.25, 0.3) is 0 Å². The molecule has 2 amide bonds. The van der Waals surface area contributed by atoms with Crippen LogP contribution in [0.4, 0.5) is 10.1 Å². The van der Waals surface area contributed by atoms with Crippen LogP contribution in [0.3, 0.4) is 0 Å². The van der Waals surface area contributed by atoms with Gasteiger partial charge in [-0.15, -0.1) is 0 Å². The second-order valence-electron chi connectivity index (χ2n) is 4.71. The van der Waals surface area contributed by atoms with E-state index >= 15 is 0 Å². The lowest BCUT2D eigenvalue weighted by molar-refractivity contribution is -0.125. The summed E-state index contributed by atoms with van der Waals surface area (Å²) in [7, 11) is 0. The quantitative estimate of drug-likeness (QED) is 0.853. The molecule has 5 heteroatoms. The van der Waals surface area contributed by atoms with Crippen molar-refractivity contribution in [2.24, 2.45) is 11.8 Å². The molecular weight excluding hydrogens is 247 g/mol. The summed E-state index contributed by atoms with van der Waals surface area (Å²) >= 11 is 0. The van der Waals surface area contributed by atoms with E-state index in [0.29, 0.717) is 13.0 Å². The zero-order valence-corrected chi connectivity index (χ0v) is 10.8. The number of amides is 2. The third-order valence-corrected chi connectivity index (χ3v) is 3.14. The molecule has 0 saturated heterocycles. The minimum absolute atomic E-state index is 0.0875. The number of hydrogen-bond donors (Lipinski definition) is 2. The van der Waals surface area contributed by atoms with E-state index in [1.807, 2.05) is 6.92 Å². The fourth-order valence-corrected chi connectivity index (χ4v) is 1.94. The zero-order valence-electron chi connectivity index (χ0n) is 10.8. The lowest BCUT2D eigenvalue weighted by Crippen LogP contribution is -2.28. The normalized spacial score (nSPS) is 20.7. The summed E-state index contributed by atoms with van der Waals surface area (Å²) in [4.78, 5) is 23.5. The molecule has 2 unspecified atom stereocenters. The van der Waals surface area contributed by atoms with Crippen LogP contribution in [0.2, 0.25) is 0 Å². The highest BCUT2D eigenvalue weighted by Crippen LogP contribution is 2.39. The summed E-state index contributed by atoms with van der Waals surface area (Å²) in [5.41, 5.74) is 0.159. The molecule has 1 aromatic carbocycles. The van der Waals surface area contributed by atoms with Crippen molar-refractivity contribution in [2.75, 3.05) is 11.9 Å². The molecular formula is C14H17FN2O2. The van der Waals surface area contributed by atoms with E-state index in [4.69, 9.17) is 0 Å². The number of para-hydroxylation sites is 1. The number of rotatable bonds is 5. The summed E-state index contributed by atoms with van der Waals surface area (Å²) in [6, 6.07) is 6.00. The molecule has 2 rings (SSSR count). The van der Waals surface area contributed by atoms with Gasteiger partial charge in [-0.1, -0.05) is 19.1 Å². The highest BCUT2D eigenvalue weighted by molar-refractivity contribution is 5.99. The Morgan fingerprint density at radius 3 is 2.63 bits per heavy atom. The van der Waals surface area contributed by atoms with Crippen LogP contribution in [0.25, 0.3) is 0 Å². The third-order valence-electron chi connectivity index (χ3n) is 3.14. The van der Waals surface area contributed by atoms with E-state index in [2.05, 4.69) is 10.6 Å². The van der Waals surface area contributed by atoms with Crippen molar-refractivity contribution in [1.82, 2.24) is 5.32 Å². The van der Waals surface area contributed by atoms with Gasteiger partial charge in [-0.2, -0.15) is 0 Å². The van der Waals surface area contributed by atoms with Gasteiger partial charge >= 0.3 is 0 Å². The highest BCUT2D eigenvalue weighted by atomic mass is 19.1. The Kier molecular flexibility index (Phi) is 4.14. The Hall–Kier alpha value is -1.91. The molecule has 102 valence electrons. The van der Waals surface area contributed by atoms with Gasteiger partial charge < -0.3 is 10.6 Å². The molecule has 4 nitrogen and oxygen atoms in total. The summed E-state index contributed by atoms with van der Waals surface area (Å²) in [6.07, 6.45) is 1.40. The molecule has 2 N–H and O–H groups in total. The van der Waals surface area contributed by atoms with Crippen LogP contribution in [0.15, 0.2) is 24.3 Å². The van der Waals surface area contributed by atoms with E-state index in [-0.39, 0.29) is 29.3 Å². The molecule has 0 aliphatic heterocycles. The highest BCUT2D eigenvalue weighted by Gasteiger charge is 2.47. The Balaban J connectivity index is 1.86. The molecule has 1 aromatic rings. The van der Waals surface area contributed by atoms with E-state index in [0.717, 1.165) is 6.42 Å². The third kappa shape index (κ3) is 3.30. The first kappa shape index (κ1) is 13.5. The van der Waals surface area contributed by atoms with Crippen molar-refractivity contribution in [3.05, 3.63) is 30.1 Å². The number of anilines is 1. The number of carbonyl (C=O) groups is 2. The van der Waals surface area contributed by atoms with E-state index in [1.165, 1.54) is 12.1 Å². The first-order valence-corrected chi connectivity index (χ1v) is 6.46. The van der Waals surface area contributed by atoms with Crippen molar-refractivity contribution in [3.63, 3.8) is 0 Å². The fourth-order valence-electron chi connectivity index (χ4n) is 1.94. The first-order valence-electron chi connectivity index (χ1n) is 6.46. The largest absolute Gasteiger partial charge is 0.356 e. The molecule has 0 heterocycles. The lowest BCUT2D eigenvalue weighted by atomic mass is 10.2. The second kappa shape index (κ2) is 5.82. The van der Waals surface area contributed by atoms with Gasteiger partial charge in [0, 0.05) is 6.54 Å². The van der Waals surface area contributed by atoms with E-state index in [9.17, 15) is 14.0 Å². The SMILES string of the molecule is CCCNC(=O)C1CC1C(=O)Nc1ccccc1F. The maximum atomic E-state index is 13.4. The van der Waals surface area contributed by atoms with Gasteiger partial charge in [-0.25, -0.2) is 4.39 Å². The minimum atomic E-state index is -0.469. The zero-order chi connectivity index (χ0) is 13.8. The molecule has 2 atom stereocenters. The molecule has 19 heavy (non-hydrogen) atoms. The number of carbonyl (C=O) groups excluding carboxylic acids is 2. The standard InChI is InChI=1S/C14H17FN2O2/c1-2-7-16-13(18)9-8-10(9)14(19)17-12-6-4-3-5-11(12)15/h3-6,9-10H,2,7-8H2,1H3,(H,16,18)(H,17,19).